The predicted molar refractivity (Wildman–Crippen MR) is 100 cm³/mol. The Bertz CT molecular complexity index is 1110. The summed E-state index contributed by atoms with van der Waals surface area (Å²) in [6.45, 7) is 2.06. The highest BCUT2D eigenvalue weighted by molar-refractivity contribution is 7.99. The SMILES string of the molecule is CC(Sc1nc2c(cnn2-c2ccc(F)cc2)c(=O)[nH]1)c1ccccc1. The number of halogens is 1. The van der Waals surface area contributed by atoms with Gasteiger partial charge >= 0.3 is 0 Å². The zero-order valence-corrected chi connectivity index (χ0v) is 14.7. The van der Waals surface area contributed by atoms with Crippen molar-refractivity contribution in [3.8, 4) is 5.69 Å². The van der Waals surface area contributed by atoms with Gasteiger partial charge in [-0.05, 0) is 36.8 Å². The van der Waals surface area contributed by atoms with E-state index in [1.165, 1.54) is 30.1 Å². The van der Waals surface area contributed by atoms with E-state index in [4.69, 9.17) is 0 Å². The molecule has 0 aliphatic rings. The van der Waals surface area contributed by atoms with Gasteiger partial charge in [0.15, 0.2) is 10.8 Å². The van der Waals surface area contributed by atoms with E-state index >= 15 is 0 Å². The van der Waals surface area contributed by atoms with Crippen LogP contribution in [0.3, 0.4) is 0 Å². The number of aromatic amines is 1. The van der Waals surface area contributed by atoms with Gasteiger partial charge in [0.1, 0.15) is 11.2 Å². The molecule has 4 rings (SSSR count). The van der Waals surface area contributed by atoms with Crippen molar-refractivity contribution in [1.29, 1.82) is 0 Å². The Labute approximate surface area is 152 Å². The Morgan fingerprint density at radius 2 is 1.85 bits per heavy atom. The van der Waals surface area contributed by atoms with Crippen LogP contribution >= 0.6 is 11.8 Å². The number of nitrogens with zero attached hydrogens (tertiary/aromatic N) is 3. The maximum atomic E-state index is 13.2. The Morgan fingerprint density at radius 1 is 1.12 bits per heavy atom. The molecule has 0 aliphatic carbocycles. The summed E-state index contributed by atoms with van der Waals surface area (Å²) in [4.78, 5) is 19.8. The maximum absolute atomic E-state index is 13.2. The van der Waals surface area contributed by atoms with Crippen molar-refractivity contribution >= 4 is 22.8 Å². The van der Waals surface area contributed by atoms with Crippen LogP contribution in [0.4, 0.5) is 4.39 Å². The molecule has 0 amide bonds. The second-order valence-electron chi connectivity index (χ2n) is 5.81. The summed E-state index contributed by atoms with van der Waals surface area (Å²) in [5, 5.41) is 5.27. The van der Waals surface area contributed by atoms with Crippen LogP contribution in [-0.4, -0.2) is 19.7 Å². The van der Waals surface area contributed by atoms with Gasteiger partial charge in [0, 0.05) is 5.25 Å². The molecule has 2 heterocycles. The highest BCUT2D eigenvalue weighted by atomic mass is 32.2. The molecule has 1 unspecified atom stereocenters. The lowest BCUT2D eigenvalue weighted by atomic mass is 10.2. The number of hydrogen-bond acceptors (Lipinski definition) is 4. The first-order valence-corrected chi connectivity index (χ1v) is 8.95. The first kappa shape index (κ1) is 16.5. The number of rotatable bonds is 4. The average molecular weight is 366 g/mol. The summed E-state index contributed by atoms with van der Waals surface area (Å²) in [5.74, 6) is -0.330. The molecule has 0 aliphatic heterocycles. The fourth-order valence-electron chi connectivity index (χ4n) is 2.68. The Balaban J connectivity index is 1.74. The number of H-pyrrole nitrogens is 1. The molecule has 0 spiro atoms. The van der Waals surface area contributed by atoms with E-state index in [1.807, 2.05) is 30.3 Å². The third-order valence-electron chi connectivity index (χ3n) is 4.04. The molecule has 2 aromatic heterocycles. The summed E-state index contributed by atoms with van der Waals surface area (Å²) in [7, 11) is 0. The largest absolute Gasteiger partial charge is 0.301 e. The summed E-state index contributed by atoms with van der Waals surface area (Å²) >= 11 is 1.47. The molecule has 4 aromatic rings. The molecule has 26 heavy (non-hydrogen) atoms. The highest BCUT2D eigenvalue weighted by Gasteiger charge is 2.14. The van der Waals surface area contributed by atoms with Gasteiger partial charge in [0.25, 0.3) is 5.56 Å². The van der Waals surface area contributed by atoms with E-state index in [1.54, 1.807) is 16.8 Å². The topological polar surface area (TPSA) is 63.6 Å². The lowest BCUT2D eigenvalue weighted by Gasteiger charge is -2.11. The number of benzene rings is 2. The third kappa shape index (κ3) is 3.13. The number of fused-ring (bicyclic) bond motifs is 1. The monoisotopic (exact) mass is 366 g/mol. The zero-order valence-electron chi connectivity index (χ0n) is 13.9. The van der Waals surface area contributed by atoms with Gasteiger partial charge in [-0.2, -0.15) is 5.10 Å². The van der Waals surface area contributed by atoms with E-state index in [9.17, 15) is 9.18 Å². The molecule has 7 heteroatoms. The van der Waals surface area contributed by atoms with Gasteiger partial charge in [-0.15, -0.1) is 0 Å². The van der Waals surface area contributed by atoms with E-state index in [0.717, 1.165) is 5.56 Å². The van der Waals surface area contributed by atoms with Crippen LogP contribution in [-0.2, 0) is 0 Å². The second-order valence-corrected chi connectivity index (χ2v) is 7.14. The van der Waals surface area contributed by atoms with Gasteiger partial charge in [-0.1, -0.05) is 42.1 Å². The molecule has 1 N–H and O–H groups in total. The predicted octanol–water partition coefficient (Wildman–Crippen LogP) is 4.10. The molecule has 1 atom stereocenters. The number of nitrogens with one attached hydrogen (secondary N) is 1. The van der Waals surface area contributed by atoms with Crippen LogP contribution in [0.5, 0.6) is 0 Å². The third-order valence-corrected chi connectivity index (χ3v) is 5.09. The average Bonchev–Trinajstić information content (AvgIpc) is 3.07. The van der Waals surface area contributed by atoms with Crippen LogP contribution in [0, 0.1) is 5.82 Å². The van der Waals surface area contributed by atoms with Crippen molar-refractivity contribution in [1.82, 2.24) is 19.7 Å². The van der Waals surface area contributed by atoms with Crippen LogP contribution in [0.1, 0.15) is 17.7 Å². The van der Waals surface area contributed by atoms with Crippen LogP contribution in [0.15, 0.2) is 70.7 Å². The first-order chi connectivity index (χ1) is 12.6. The van der Waals surface area contributed by atoms with Crippen molar-refractivity contribution in [2.24, 2.45) is 0 Å². The van der Waals surface area contributed by atoms with Gasteiger partial charge in [0.05, 0.1) is 11.9 Å². The highest BCUT2D eigenvalue weighted by Crippen LogP contribution is 2.32. The zero-order chi connectivity index (χ0) is 18.1. The standard InChI is InChI=1S/C19H15FN4OS/c1-12(13-5-3-2-4-6-13)26-19-22-17-16(18(25)23-19)11-21-24(17)15-9-7-14(20)8-10-15/h2-12H,1H3,(H,22,23,25). The number of aromatic nitrogens is 4. The molecule has 0 saturated carbocycles. The Kier molecular flexibility index (Phi) is 4.30. The lowest BCUT2D eigenvalue weighted by molar-refractivity contribution is 0.627. The van der Waals surface area contributed by atoms with Crippen LogP contribution in [0.2, 0.25) is 0 Å². The summed E-state index contributed by atoms with van der Waals surface area (Å²) in [6, 6.07) is 15.9. The minimum Gasteiger partial charge on any atom is -0.301 e. The van der Waals surface area contributed by atoms with Gasteiger partial charge in [0.2, 0.25) is 0 Å². The molecule has 130 valence electrons. The van der Waals surface area contributed by atoms with Crippen molar-refractivity contribution < 1.29 is 4.39 Å². The minimum absolute atomic E-state index is 0.124. The Morgan fingerprint density at radius 3 is 2.58 bits per heavy atom. The molecular weight excluding hydrogens is 351 g/mol. The fraction of sp³-hybridized carbons (Fsp3) is 0.105. The summed E-state index contributed by atoms with van der Waals surface area (Å²) < 4.78 is 14.7. The van der Waals surface area contributed by atoms with E-state index in [2.05, 4.69) is 22.0 Å². The molecule has 0 radical (unpaired) electrons. The maximum Gasteiger partial charge on any atom is 0.262 e. The van der Waals surface area contributed by atoms with E-state index < -0.39 is 0 Å². The molecular formula is C19H15FN4OS. The van der Waals surface area contributed by atoms with Gasteiger partial charge in [-0.3, -0.25) is 4.79 Å². The lowest BCUT2D eigenvalue weighted by Crippen LogP contribution is -2.10. The first-order valence-electron chi connectivity index (χ1n) is 8.07. The fourth-order valence-corrected chi connectivity index (χ4v) is 3.60. The van der Waals surface area contributed by atoms with E-state index in [-0.39, 0.29) is 16.6 Å². The second kappa shape index (κ2) is 6.76. The van der Waals surface area contributed by atoms with Gasteiger partial charge < -0.3 is 4.98 Å². The van der Waals surface area contributed by atoms with Crippen LogP contribution < -0.4 is 5.56 Å². The summed E-state index contributed by atoms with van der Waals surface area (Å²) in [5.41, 5.74) is 1.99. The number of thioether (sulfide) groups is 1. The van der Waals surface area contributed by atoms with Crippen molar-refractivity contribution in [2.45, 2.75) is 17.3 Å². The molecule has 5 nitrogen and oxygen atoms in total. The van der Waals surface area contributed by atoms with Crippen molar-refractivity contribution in [3.05, 3.63) is 82.5 Å². The quantitative estimate of drug-likeness (QED) is 0.436. The van der Waals surface area contributed by atoms with Crippen molar-refractivity contribution in [3.63, 3.8) is 0 Å². The molecule has 0 saturated heterocycles. The Hall–Kier alpha value is -2.93. The number of hydrogen-bond donors (Lipinski definition) is 1. The molecule has 0 bridgehead atoms. The van der Waals surface area contributed by atoms with Crippen molar-refractivity contribution in [2.75, 3.05) is 0 Å². The van der Waals surface area contributed by atoms with Gasteiger partial charge in [-0.25, -0.2) is 14.1 Å². The minimum atomic E-state index is -0.330. The normalized spacial score (nSPS) is 12.4. The van der Waals surface area contributed by atoms with Crippen LogP contribution in [0.25, 0.3) is 16.7 Å². The molecule has 2 aromatic carbocycles. The van der Waals surface area contributed by atoms with E-state index in [0.29, 0.717) is 21.9 Å². The summed E-state index contributed by atoms with van der Waals surface area (Å²) in [6.07, 6.45) is 1.47. The smallest absolute Gasteiger partial charge is 0.262 e. The molecule has 0 fully saturated rings.